The minimum Gasteiger partial charge on any atom is -0.343 e. The molecule has 0 aromatic heterocycles. The summed E-state index contributed by atoms with van der Waals surface area (Å²) in [4.78, 5) is 16.5. The number of likely N-dealkylation sites (tertiary alicyclic amines) is 1. The van der Waals surface area contributed by atoms with Crippen LogP contribution in [0.25, 0.3) is 0 Å². The summed E-state index contributed by atoms with van der Waals surface area (Å²) in [6.45, 7) is 13.0. The van der Waals surface area contributed by atoms with Gasteiger partial charge in [0.25, 0.3) is 0 Å². The molecule has 0 aromatic rings. The van der Waals surface area contributed by atoms with Crippen LogP contribution in [0, 0.1) is 11.8 Å². The third kappa shape index (κ3) is 4.46. The monoisotopic (exact) mass is 269 g/mol. The average molecular weight is 269 g/mol. The first-order valence-electron chi connectivity index (χ1n) is 7.75. The minimum atomic E-state index is 0.219. The summed E-state index contributed by atoms with van der Waals surface area (Å²) in [6, 6.07) is 0.219. The molecule has 1 rings (SSSR count). The van der Waals surface area contributed by atoms with E-state index in [1.807, 2.05) is 18.7 Å². The second kappa shape index (κ2) is 7.85. The average Bonchev–Trinajstić information content (AvgIpc) is 2.87. The number of hydrogen-bond acceptors (Lipinski definition) is 3. The number of hydrogen-bond donors (Lipinski definition) is 1. The molecule has 1 amide bonds. The molecule has 1 saturated heterocycles. The maximum atomic E-state index is 12.2. The smallest absolute Gasteiger partial charge is 0.224 e. The molecule has 0 aliphatic carbocycles. The van der Waals surface area contributed by atoms with E-state index in [9.17, 15) is 4.79 Å². The van der Waals surface area contributed by atoms with Crippen LogP contribution >= 0.6 is 0 Å². The van der Waals surface area contributed by atoms with E-state index in [-0.39, 0.29) is 11.9 Å². The molecule has 0 bridgehead atoms. The van der Waals surface area contributed by atoms with E-state index < -0.39 is 0 Å². The van der Waals surface area contributed by atoms with Gasteiger partial charge in [0, 0.05) is 38.6 Å². The van der Waals surface area contributed by atoms with Crippen molar-refractivity contribution in [2.45, 2.75) is 46.6 Å². The molecule has 2 N–H and O–H groups in total. The topological polar surface area (TPSA) is 49.6 Å². The van der Waals surface area contributed by atoms with Crippen LogP contribution in [-0.2, 0) is 4.79 Å². The van der Waals surface area contributed by atoms with Crippen LogP contribution in [0.3, 0.4) is 0 Å². The van der Waals surface area contributed by atoms with E-state index in [1.54, 1.807) is 0 Å². The van der Waals surface area contributed by atoms with Gasteiger partial charge in [-0.1, -0.05) is 13.8 Å². The molecule has 0 saturated carbocycles. The number of rotatable bonds is 7. The second-order valence-electron chi connectivity index (χ2n) is 5.95. The van der Waals surface area contributed by atoms with Crippen molar-refractivity contribution in [1.29, 1.82) is 0 Å². The van der Waals surface area contributed by atoms with Crippen LogP contribution in [0.1, 0.15) is 40.5 Å². The van der Waals surface area contributed by atoms with Crippen LogP contribution < -0.4 is 5.73 Å². The van der Waals surface area contributed by atoms with E-state index in [4.69, 9.17) is 5.73 Å². The number of carbonyl (C=O) groups excluding carboxylic acids is 1. The lowest BCUT2D eigenvalue weighted by Gasteiger charge is -2.29. The molecular weight excluding hydrogens is 238 g/mol. The summed E-state index contributed by atoms with van der Waals surface area (Å²) < 4.78 is 0. The summed E-state index contributed by atoms with van der Waals surface area (Å²) in [7, 11) is 0. The molecule has 0 spiro atoms. The van der Waals surface area contributed by atoms with E-state index in [0.717, 1.165) is 38.0 Å². The molecule has 4 heteroatoms. The standard InChI is InChI=1S/C15H31N3O/c1-5-17(6-2)15(19)9-14(10-16)18-8-7-13(11-18)12(3)4/h12-14H,5-11,16H2,1-4H3. The minimum absolute atomic E-state index is 0.219. The van der Waals surface area contributed by atoms with Crippen molar-refractivity contribution in [1.82, 2.24) is 9.80 Å². The Morgan fingerprint density at radius 1 is 1.37 bits per heavy atom. The zero-order chi connectivity index (χ0) is 14.4. The van der Waals surface area contributed by atoms with Crippen molar-refractivity contribution in [3.63, 3.8) is 0 Å². The van der Waals surface area contributed by atoms with Crippen LogP contribution in [0.2, 0.25) is 0 Å². The Morgan fingerprint density at radius 3 is 2.42 bits per heavy atom. The van der Waals surface area contributed by atoms with Crippen molar-refractivity contribution in [2.24, 2.45) is 17.6 Å². The SMILES string of the molecule is CCN(CC)C(=O)CC(CN)N1CCC(C(C)C)C1. The van der Waals surface area contributed by atoms with Gasteiger partial charge in [0.15, 0.2) is 0 Å². The molecule has 1 heterocycles. The Bertz CT molecular complexity index is 277. The second-order valence-corrected chi connectivity index (χ2v) is 5.95. The predicted octanol–water partition coefficient (Wildman–Crippen LogP) is 1.55. The zero-order valence-corrected chi connectivity index (χ0v) is 13.1. The van der Waals surface area contributed by atoms with E-state index in [1.165, 1.54) is 6.42 Å². The van der Waals surface area contributed by atoms with Gasteiger partial charge in [-0.2, -0.15) is 0 Å². The fraction of sp³-hybridized carbons (Fsp3) is 0.933. The van der Waals surface area contributed by atoms with Gasteiger partial charge >= 0.3 is 0 Å². The maximum absolute atomic E-state index is 12.2. The van der Waals surface area contributed by atoms with E-state index in [0.29, 0.717) is 13.0 Å². The maximum Gasteiger partial charge on any atom is 0.224 e. The number of nitrogens with zero attached hydrogens (tertiary/aromatic N) is 2. The van der Waals surface area contributed by atoms with Crippen LogP contribution in [-0.4, -0.2) is 54.5 Å². The molecule has 0 aromatic carbocycles. The lowest BCUT2D eigenvalue weighted by molar-refractivity contribution is -0.132. The largest absolute Gasteiger partial charge is 0.343 e. The highest BCUT2D eigenvalue weighted by Gasteiger charge is 2.30. The molecule has 0 radical (unpaired) electrons. The van der Waals surface area contributed by atoms with Gasteiger partial charge in [-0.05, 0) is 38.6 Å². The lowest BCUT2D eigenvalue weighted by atomic mass is 9.95. The molecule has 1 aliphatic heterocycles. The highest BCUT2D eigenvalue weighted by molar-refractivity contribution is 5.76. The lowest BCUT2D eigenvalue weighted by Crippen LogP contribution is -2.44. The Labute approximate surface area is 118 Å². The zero-order valence-electron chi connectivity index (χ0n) is 13.1. The molecule has 19 heavy (non-hydrogen) atoms. The van der Waals surface area contributed by atoms with Crippen LogP contribution in [0.15, 0.2) is 0 Å². The quantitative estimate of drug-likeness (QED) is 0.763. The highest BCUT2D eigenvalue weighted by Crippen LogP contribution is 2.25. The first kappa shape index (κ1) is 16.4. The van der Waals surface area contributed by atoms with Gasteiger partial charge in [0.2, 0.25) is 5.91 Å². The third-order valence-corrected chi connectivity index (χ3v) is 4.51. The number of carbonyl (C=O) groups is 1. The normalized spacial score (nSPS) is 21.9. The Hall–Kier alpha value is -0.610. The summed E-state index contributed by atoms with van der Waals surface area (Å²) in [6.07, 6.45) is 1.82. The van der Waals surface area contributed by atoms with Gasteiger partial charge < -0.3 is 10.6 Å². The van der Waals surface area contributed by atoms with E-state index >= 15 is 0 Å². The van der Waals surface area contributed by atoms with Gasteiger partial charge in [-0.25, -0.2) is 0 Å². The highest BCUT2D eigenvalue weighted by atomic mass is 16.2. The van der Waals surface area contributed by atoms with E-state index in [2.05, 4.69) is 18.7 Å². The van der Waals surface area contributed by atoms with Gasteiger partial charge in [-0.3, -0.25) is 9.69 Å². The van der Waals surface area contributed by atoms with Crippen molar-refractivity contribution in [3.05, 3.63) is 0 Å². The summed E-state index contributed by atoms with van der Waals surface area (Å²) in [5.74, 6) is 1.73. The molecule has 2 atom stereocenters. The third-order valence-electron chi connectivity index (χ3n) is 4.51. The Morgan fingerprint density at radius 2 is 2.00 bits per heavy atom. The van der Waals surface area contributed by atoms with Crippen molar-refractivity contribution < 1.29 is 4.79 Å². The molecule has 112 valence electrons. The first-order valence-corrected chi connectivity index (χ1v) is 7.75. The molecular formula is C15H31N3O. The Balaban J connectivity index is 2.52. The Kier molecular flexibility index (Phi) is 6.80. The summed E-state index contributed by atoms with van der Waals surface area (Å²) >= 11 is 0. The van der Waals surface area contributed by atoms with Crippen molar-refractivity contribution in [3.8, 4) is 0 Å². The number of amides is 1. The van der Waals surface area contributed by atoms with Crippen molar-refractivity contribution in [2.75, 3.05) is 32.7 Å². The van der Waals surface area contributed by atoms with Crippen molar-refractivity contribution >= 4 is 5.91 Å². The molecule has 1 fully saturated rings. The molecule has 2 unspecified atom stereocenters. The fourth-order valence-corrected chi connectivity index (χ4v) is 2.96. The van der Waals surface area contributed by atoms with Crippen LogP contribution in [0.4, 0.5) is 0 Å². The van der Waals surface area contributed by atoms with Gasteiger partial charge in [0.05, 0.1) is 0 Å². The number of nitrogens with two attached hydrogens (primary N) is 1. The molecule has 1 aliphatic rings. The fourth-order valence-electron chi connectivity index (χ4n) is 2.96. The predicted molar refractivity (Wildman–Crippen MR) is 79.9 cm³/mol. The van der Waals surface area contributed by atoms with Crippen LogP contribution in [0.5, 0.6) is 0 Å². The summed E-state index contributed by atoms with van der Waals surface area (Å²) in [5, 5.41) is 0. The summed E-state index contributed by atoms with van der Waals surface area (Å²) in [5.41, 5.74) is 5.89. The van der Waals surface area contributed by atoms with Gasteiger partial charge in [-0.15, -0.1) is 0 Å². The first-order chi connectivity index (χ1) is 9.03. The molecule has 4 nitrogen and oxygen atoms in total. The van der Waals surface area contributed by atoms with Gasteiger partial charge in [0.1, 0.15) is 0 Å².